The Morgan fingerprint density at radius 1 is 1.29 bits per heavy atom. The maximum absolute atomic E-state index is 14.4. The molecule has 2 heterocycles. The largest absolute Gasteiger partial charge is 0.379 e. The number of benzene rings is 1. The summed E-state index contributed by atoms with van der Waals surface area (Å²) in [5.41, 5.74) is 0.946. The molecule has 0 radical (unpaired) electrons. The van der Waals surface area contributed by atoms with Gasteiger partial charge in [-0.25, -0.2) is 14.4 Å². The van der Waals surface area contributed by atoms with Crippen molar-refractivity contribution in [2.75, 3.05) is 31.6 Å². The molecule has 2 N–H and O–H groups in total. The molecule has 7 heteroatoms. The van der Waals surface area contributed by atoms with Crippen molar-refractivity contribution < 1.29 is 10.5 Å². The van der Waals surface area contributed by atoms with Crippen LogP contribution in [0.1, 0.15) is 32.6 Å². The average molecular weight is 383 g/mol. The summed E-state index contributed by atoms with van der Waals surface area (Å²) in [5.74, 6) is 0.190. The molecule has 4 rings (SSSR count). The van der Waals surface area contributed by atoms with Crippen molar-refractivity contribution in [1.29, 1.82) is 5.41 Å². The van der Waals surface area contributed by atoms with Gasteiger partial charge in [-0.15, -0.1) is 0 Å². The standard InChI is InChI=1S/C21H26FN5O/c1-14(12-23)17-10-18-20(11-19(17)22)24-13-25-21(18)26-15-2-4-16(5-3-15)27-6-8-28-9-7-27/h10-13,15-16,23H,1-9H2,(H,24,25,26)/t15-,16-. The van der Waals surface area contributed by atoms with Crippen molar-refractivity contribution in [2.24, 2.45) is 0 Å². The van der Waals surface area contributed by atoms with Gasteiger partial charge in [0.15, 0.2) is 0 Å². The van der Waals surface area contributed by atoms with E-state index in [-0.39, 0.29) is 11.1 Å². The second-order valence-electron chi connectivity index (χ2n) is 7.47. The van der Waals surface area contributed by atoms with Gasteiger partial charge in [-0.3, -0.25) is 4.90 Å². The number of halogens is 1. The molecule has 1 aliphatic carbocycles. The van der Waals surface area contributed by atoms with E-state index in [1.165, 1.54) is 12.4 Å². The predicted octanol–water partition coefficient (Wildman–Crippen LogP) is 3.49. The molecule has 1 aromatic heterocycles. The molecule has 2 aromatic rings. The Balaban J connectivity index is 1.51. The molecule has 0 atom stereocenters. The van der Waals surface area contributed by atoms with Crippen molar-refractivity contribution in [3.63, 3.8) is 0 Å². The van der Waals surface area contributed by atoms with E-state index in [0.717, 1.165) is 64.8 Å². The normalized spacial score (nSPS) is 24.8. The fourth-order valence-electron chi connectivity index (χ4n) is 4.21. The lowest BCUT2D eigenvalue weighted by Crippen LogP contribution is -2.46. The van der Waals surface area contributed by atoms with Crippen LogP contribution in [0.5, 0.6) is 0 Å². The number of rotatable bonds is 5. The molecule has 0 spiro atoms. The third kappa shape index (κ3) is 3.91. The molecule has 2 aliphatic rings. The van der Waals surface area contributed by atoms with Crippen LogP contribution in [0.3, 0.4) is 0 Å². The highest BCUT2D eigenvalue weighted by Crippen LogP contribution is 2.30. The van der Waals surface area contributed by atoms with Crippen LogP contribution in [0.25, 0.3) is 16.5 Å². The molecule has 6 nitrogen and oxygen atoms in total. The molecule has 0 bridgehead atoms. The molecular weight excluding hydrogens is 357 g/mol. The van der Waals surface area contributed by atoms with E-state index in [4.69, 9.17) is 11.5 Å². The number of aromatic nitrogens is 2. The zero-order chi connectivity index (χ0) is 20.2. The molecule has 0 unspecified atom stereocenters. The summed E-state index contributed by atoms with van der Waals surface area (Å²) in [6, 6.07) is 3.92. The van der Waals surface area contributed by atoms with Crippen molar-refractivity contribution in [3.8, 4) is 0 Å². The number of hydrogen-bond donors (Lipinski definition) is 2. The summed E-state index contributed by atoms with van der Waals surface area (Å²) in [5, 5.41) is 11.7. The summed E-state index contributed by atoms with van der Waals surface area (Å²) in [6.45, 7) is 4.68. The van der Waals surface area contributed by atoms with Crippen LogP contribution in [0.4, 0.5) is 10.2 Å². The van der Waals surface area contributed by atoms with Gasteiger partial charge in [-0.05, 0) is 37.3 Å². The molecule has 1 saturated heterocycles. The second-order valence-corrected chi connectivity index (χ2v) is 7.47. The monoisotopic (exact) mass is 383 g/mol. The quantitative estimate of drug-likeness (QED) is 0.773. The summed E-state index contributed by atoms with van der Waals surface area (Å²) in [7, 11) is 0. The minimum atomic E-state index is -0.491. The van der Waals surface area contributed by atoms with Gasteiger partial charge in [0.2, 0.25) is 0 Å². The van der Waals surface area contributed by atoms with Crippen molar-refractivity contribution >= 4 is 28.5 Å². The van der Waals surface area contributed by atoms with Gasteiger partial charge in [0.25, 0.3) is 0 Å². The van der Waals surface area contributed by atoms with Gasteiger partial charge < -0.3 is 15.5 Å². The first-order valence-electron chi connectivity index (χ1n) is 10.4. The number of hydrogen-bond acceptors (Lipinski definition) is 6. The maximum atomic E-state index is 14.4. The molecule has 148 valence electrons. The minimum absolute atomic E-state index is 0.213. The summed E-state index contributed by atoms with van der Waals surface area (Å²) in [4.78, 5) is 11.1. The third-order valence-corrected chi connectivity index (χ3v) is 5.79. The van der Waals surface area contributed by atoms with E-state index < -0.39 is 5.82 Å². The van der Waals surface area contributed by atoms with Crippen LogP contribution in [0.2, 0.25) is 0 Å². The Hall–Kier alpha value is -2.38. The zero-order valence-corrected chi connectivity index (χ0v) is 15.8. The lowest BCUT2D eigenvalue weighted by Gasteiger charge is -2.39. The lowest BCUT2D eigenvalue weighted by molar-refractivity contribution is 0.00791. The van der Waals surface area contributed by atoms with Crippen molar-refractivity contribution in [2.45, 2.75) is 37.8 Å². The number of nitrogens with one attached hydrogen (secondary N) is 2. The molecule has 1 saturated carbocycles. The highest BCUT2D eigenvalue weighted by Gasteiger charge is 2.27. The van der Waals surface area contributed by atoms with Crippen LogP contribution in [0, 0.1) is 11.2 Å². The fraction of sp³-hybridized carbons (Fsp3) is 0.476. The molecule has 2 fully saturated rings. The first-order chi connectivity index (χ1) is 14.2. The average Bonchev–Trinajstić information content (AvgIpc) is 2.76. The van der Waals surface area contributed by atoms with Gasteiger partial charge in [0.1, 0.15) is 18.0 Å². The molecule has 28 heavy (non-hydrogen) atoms. The lowest BCUT2D eigenvalue weighted by atomic mass is 9.90. The fourth-order valence-corrected chi connectivity index (χ4v) is 4.21. The van der Waals surface area contributed by atoms with E-state index in [9.17, 15) is 4.39 Å². The summed E-state index contributed by atoms with van der Waals surface area (Å²) >= 11 is 0. The van der Waals surface area contributed by atoms with E-state index in [1.54, 1.807) is 6.07 Å². The number of fused-ring (bicyclic) bond motifs is 1. The van der Waals surface area contributed by atoms with E-state index in [1.807, 2.05) is 0 Å². The van der Waals surface area contributed by atoms with Gasteiger partial charge >= 0.3 is 0 Å². The Bertz CT molecular complexity index is 907. The first kappa shape index (κ1) is 17.7. The topological polar surface area (TPSA) is 74.1 Å². The van der Waals surface area contributed by atoms with Crippen molar-refractivity contribution in [3.05, 3.63) is 36.4 Å². The van der Waals surface area contributed by atoms with E-state index >= 15 is 0 Å². The Morgan fingerprint density at radius 3 is 2.79 bits per heavy atom. The molecule has 1 aromatic carbocycles. The molecule has 0 amide bonds. The predicted molar refractivity (Wildman–Crippen MR) is 109 cm³/mol. The Kier molecular flexibility index (Phi) is 5.26. The van der Waals surface area contributed by atoms with Crippen LogP contribution < -0.4 is 5.32 Å². The number of morpholine rings is 1. The zero-order valence-electron chi connectivity index (χ0n) is 16.8. The van der Waals surface area contributed by atoms with Crippen LogP contribution >= 0.6 is 0 Å². The number of ether oxygens (including phenoxy) is 1. The van der Waals surface area contributed by atoms with Gasteiger partial charge in [-0.1, -0.05) is 6.55 Å². The number of allylic oxidation sites excluding steroid dienone is 1. The highest BCUT2D eigenvalue weighted by molar-refractivity contribution is 6.09. The Labute approximate surface area is 165 Å². The van der Waals surface area contributed by atoms with Crippen LogP contribution in [-0.2, 0) is 4.74 Å². The van der Waals surface area contributed by atoms with Gasteiger partial charge in [-0.2, -0.15) is 0 Å². The summed E-state index contributed by atoms with van der Waals surface area (Å²) in [6.07, 6.45) is 6.82. The van der Waals surface area contributed by atoms with Gasteiger partial charge in [0.05, 0.1) is 20.1 Å². The van der Waals surface area contributed by atoms with E-state index in [0.29, 0.717) is 28.8 Å². The third-order valence-electron chi connectivity index (χ3n) is 5.79. The first-order valence-corrected chi connectivity index (χ1v) is 9.81. The SMILES string of the molecule is [H]/C=C(\C=N)c1cc2c(N[C@H]3CC[C@H](N4CCOCC4)CC3)ncnc2cc1F. The van der Waals surface area contributed by atoms with E-state index in [2.05, 4.69) is 20.2 Å². The van der Waals surface area contributed by atoms with Crippen molar-refractivity contribution in [1.82, 2.24) is 14.9 Å². The van der Waals surface area contributed by atoms with Crippen LogP contribution in [0.15, 0.2) is 25.0 Å². The molecular formula is C21H26FN5O. The molecule has 1 aliphatic heterocycles. The smallest absolute Gasteiger partial charge is 0.137 e. The van der Waals surface area contributed by atoms with Crippen LogP contribution in [-0.4, -0.2) is 59.5 Å². The minimum Gasteiger partial charge on any atom is -0.379 e. The number of anilines is 1. The van der Waals surface area contributed by atoms with Gasteiger partial charge in [0, 0.05) is 48.4 Å². The highest BCUT2D eigenvalue weighted by atomic mass is 19.1. The second kappa shape index (κ2) is 8.32. The maximum Gasteiger partial charge on any atom is 0.137 e. The number of nitrogens with zero attached hydrogens (tertiary/aromatic N) is 3. The summed E-state index contributed by atoms with van der Waals surface area (Å²) < 4.78 is 27.3. The Morgan fingerprint density at radius 2 is 2.07 bits per heavy atom.